The van der Waals surface area contributed by atoms with Gasteiger partial charge in [-0.15, -0.1) is 0 Å². The lowest BCUT2D eigenvalue weighted by Gasteiger charge is -2.26. The molecular weight excluding hydrogens is 273 g/mol. The molecule has 0 amide bonds. The highest BCUT2D eigenvalue weighted by Gasteiger charge is 2.16. The predicted molar refractivity (Wildman–Crippen MR) is 75.8 cm³/mol. The molecule has 1 unspecified atom stereocenters. The van der Waals surface area contributed by atoms with Crippen molar-refractivity contribution in [2.24, 2.45) is 5.92 Å². The first-order valence-corrected chi connectivity index (χ1v) is 6.64. The topological polar surface area (TPSA) is 40.5 Å². The molecule has 1 aromatic carbocycles. The summed E-state index contributed by atoms with van der Waals surface area (Å²) in [5, 5.41) is 9.96. The van der Waals surface area contributed by atoms with E-state index in [9.17, 15) is 4.79 Å². The van der Waals surface area contributed by atoms with Gasteiger partial charge in [0.1, 0.15) is 0 Å². The van der Waals surface area contributed by atoms with Crippen LogP contribution in [-0.2, 0) is 4.79 Å². The van der Waals surface area contributed by atoms with Crippen LogP contribution in [0.1, 0.15) is 20.3 Å². The van der Waals surface area contributed by atoms with E-state index < -0.39 is 11.9 Å². The van der Waals surface area contributed by atoms with Crippen molar-refractivity contribution >= 4 is 34.9 Å². The van der Waals surface area contributed by atoms with Gasteiger partial charge in [0.15, 0.2) is 0 Å². The zero-order valence-corrected chi connectivity index (χ0v) is 12.0. The molecule has 3 nitrogen and oxygen atoms in total. The molecule has 5 heteroatoms. The Labute approximate surface area is 117 Å². The van der Waals surface area contributed by atoms with Crippen molar-refractivity contribution in [3.8, 4) is 0 Å². The van der Waals surface area contributed by atoms with Crippen LogP contribution in [0.15, 0.2) is 18.2 Å². The van der Waals surface area contributed by atoms with Crippen molar-refractivity contribution < 1.29 is 9.90 Å². The van der Waals surface area contributed by atoms with Crippen LogP contribution < -0.4 is 4.90 Å². The summed E-state index contributed by atoms with van der Waals surface area (Å²) in [6.45, 7) is 5.00. The molecule has 0 spiro atoms. The molecular formula is C13H17Cl2NO2. The second-order valence-electron chi connectivity index (χ2n) is 4.28. The maximum atomic E-state index is 10.9. The lowest BCUT2D eigenvalue weighted by atomic mass is 10.1. The molecule has 100 valence electrons. The minimum Gasteiger partial charge on any atom is -0.481 e. The maximum Gasteiger partial charge on any atom is 0.308 e. The first kappa shape index (κ1) is 15.1. The molecule has 18 heavy (non-hydrogen) atoms. The van der Waals surface area contributed by atoms with E-state index in [1.165, 1.54) is 0 Å². The number of aliphatic carboxylic acids is 1. The third kappa shape index (κ3) is 4.07. The van der Waals surface area contributed by atoms with Gasteiger partial charge in [-0.2, -0.15) is 0 Å². The Morgan fingerprint density at radius 1 is 1.39 bits per heavy atom. The molecule has 0 fully saturated rings. The normalized spacial score (nSPS) is 12.2. The van der Waals surface area contributed by atoms with E-state index in [0.29, 0.717) is 16.6 Å². The fraction of sp³-hybridized carbons (Fsp3) is 0.462. The molecule has 0 bridgehead atoms. The average molecular weight is 290 g/mol. The van der Waals surface area contributed by atoms with Crippen LogP contribution in [0.2, 0.25) is 10.0 Å². The average Bonchev–Trinajstić information content (AvgIpc) is 2.32. The fourth-order valence-corrected chi connectivity index (χ4v) is 1.98. The predicted octanol–water partition coefficient (Wildman–Crippen LogP) is 3.93. The van der Waals surface area contributed by atoms with E-state index in [0.717, 1.165) is 18.7 Å². The lowest BCUT2D eigenvalue weighted by Crippen LogP contribution is -2.32. The number of hydrogen-bond acceptors (Lipinski definition) is 2. The van der Waals surface area contributed by atoms with E-state index in [-0.39, 0.29) is 0 Å². The molecule has 1 atom stereocenters. The number of benzene rings is 1. The van der Waals surface area contributed by atoms with Gasteiger partial charge in [0, 0.05) is 18.8 Å². The van der Waals surface area contributed by atoms with E-state index in [1.807, 2.05) is 11.0 Å². The van der Waals surface area contributed by atoms with E-state index in [1.54, 1.807) is 19.1 Å². The molecule has 0 heterocycles. The number of carboxylic acids is 1. The molecule has 1 aromatic rings. The van der Waals surface area contributed by atoms with Crippen molar-refractivity contribution in [3.05, 3.63) is 28.2 Å². The molecule has 0 saturated carbocycles. The highest BCUT2D eigenvalue weighted by molar-refractivity contribution is 6.42. The summed E-state index contributed by atoms with van der Waals surface area (Å²) < 4.78 is 0. The molecule has 0 aromatic heterocycles. The van der Waals surface area contributed by atoms with E-state index in [2.05, 4.69) is 6.92 Å². The Morgan fingerprint density at radius 2 is 2.06 bits per heavy atom. The smallest absolute Gasteiger partial charge is 0.308 e. The van der Waals surface area contributed by atoms with Crippen LogP contribution in [0.25, 0.3) is 0 Å². The van der Waals surface area contributed by atoms with Gasteiger partial charge < -0.3 is 10.0 Å². The van der Waals surface area contributed by atoms with Crippen molar-refractivity contribution in [1.29, 1.82) is 0 Å². The van der Waals surface area contributed by atoms with Crippen LogP contribution in [-0.4, -0.2) is 24.2 Å². The summed E-state index contributed by atoms with van der Waals surface area (Å²) >= 11 is 11.9. The van der Waals surface area contributed by atoms with Crippen LogP contribution in [0.5, 0.6) is 0 Å². The van der Waals surface area contributed by atoms with Crippen LogP contribution in [0.3, 0.4) is 0 Å². The van der Waals surface area contributed by atoms with Gasteiger partial charge in [-0.25, -0.2) is 0 Å². The quantitative estimate of drug-likeness (QED) is 0.863. The van der Waals surface area contributed by atoms with Gasteiger partial charge in [-0.3, -0.25) is 4.79 Å². The van der Waals surface area contributed by atoms with Crippen LogP contribution in [0.4, 0.5) is 5.69 Å². The Hall–Kier alpha value is -0.930. The van der Waals surface area contributed by atoms with E-state index >= 15 is 0 Å². The van der Waals surface area contributed by atoms with Crippen molar-refractivity contribution in [3.63, 3.8) is 0 Å². The lowest BCUT2D eigenvalue weighted by molar-refractivity contribution is -0.140. The summed E-state index contributed by atoms with van der Waals surface area (Å²) in [6.07, 6.45) is 0.937. The number of halogens is 2. The number of carbonyl (C=O) groups is 1. The zero-order valence-electron chi connectivity index (χ0n) is 10.5. The number of nitrogens with zero attached hydrogens (tertiary/aromatic N) is 1. The summed E-state index contributed by atoms with van der Waals surface area (Å²) in [6, 6.07) is 5.36. The first-order chi connectivity index (χ1) is 8.45. The largest absolute Gasteiger partial charge is 0.481 e. The second kappa shape index (κ2) is 6.86. The minimum atomic E-state index is -0.795. The van der Waals surface area contributed by atoms with Crippen LogP contribution >= 0.6 is 23.2 Å². The zero-order chi connectivity index (χ0) is 13.7. The monoisotopic (exact) mass is 289 g/mol. The third-order valence-corrected chi connectivity index (χ3v) is 3.42. The Kier molecular flexibility index (Phi) is 5.76. The van der Waals surface area contributed by atoms with Gasteiger partial charge in [-0.1, -0.05) is 37.0 Å². The first-order valence-electron chi connectivity index (χ1n) is 5.88. The molecule has 1 rings (SSSR count). The van der Waals surface area contributed by atoms with Crippen molar-refractivity contribution in [1.82, 2.24) is 0 Å². The third-order valence-electron chi connectivity index (χ3n) is 2.68. The molecule has 0 aliphatic carbocycles. The fourth-order valence-electron chi connectivity index (χ4n) is 1.69. The van der Waals surface area contributed by atoms with Crippen molar-refractivity contribution in [2.45, 2.75) is 20.3 Å². The molecule has 0 radical (unpaired) electrons. The SMILES string of the molecule is CCCN(CC(C)C(=O)O)c1ccc(Cl)c(Cl)c1. The standard InChI is InChI=1S/C13H17Cl2NO2/c1-3-6-16(8-9(2)13(17)18)10-4-5-11(14)12(15)7-10/h4-5,7,9H,3,6,8H2,1-2H3,(H,17,18). The summed E-state index contributed by atoms with van der Waals surface area (Å²) in [4.78, 5) is 12.9. The van der Waals surface area contributed by atoms with Crippen LogP contribution in [0, 0.1) is 5.92 Å². The van der Waals surface area contributed by atoms with Gasteiger partial charge in [-0.05, 0) is 24.6 Å². The maximum absolute atomic E-state index is 10.9. The van der Waals surface area contributed by atoms with Gasteiger partial charge >= 0.3 is 5.97 Å². The summed E-state index contributed by atoms with van der Waals surface area (Å²) in [7, 11) is 0. The van der Waals surface area contributed by atoms with E-state index in [4.69, 9.17) is 28.3 Å². The van der Waals surface area contributed by atoms with Gasteiger partial charge in [0.25, 0.3) is 0 Å². The minimum absolute atomic E-state index is 0.425. The Balaban J connectivity index is 2.89. The highest BCUT2D eigenvalue weighted by atomic mass is 35.5. The molecule has 0 aliphatic heterocycles. The van der Waals surface area contributed by atoms with Gasteiger partial charge in [0.2, 0.25) is 0 Å². The summed E-state index contributed by atoms with van der Waals surface area (Å²) in [5.74, 6) is -1.22. The highest BCUT2D eigenvalue weighted by Crippen LogP contribution is 2.27. The summed E-state index contributed by atoms with van der Waals surface area (Å²) in [5.41, 5.74) is 0.902. The number of carboxylic acid groups (broad SMARTS) is 1. The second-order valence-corrected chi connectivity index (χ2v) is 5.10. The Bertz CT molecular complexity index is 423. The van der Waals surface area contributed by atoms with Crippen molar-refractivity contribution in [2.75, 3.05) is 18.0 Å². The number of rotatable bonds is 6. The van der Waals surface area contributed by atoms with Gasteiger partial charge in [0.05, 0.1) is 16.0 Å². The molecule has 0 aliphatic rings. The molecule has 0 saturated heterocycles. The Morgan fingerprint density at radius 3 is 2.56 bits per heavy atom. The number of hydrogen-bond donors (Lipinski definition) is 1. The molecule has 1 N–H and O–H groups in total. The number of anilines is 1.